The smallest absolute Gasteiger partial charge is 0.228 e. The maximum absolute atomic E-state index is 5.56. The van der Waals surface area contributed by atoms with E-state index in [2.05, 4.69) is 31.1 Å². The lowest BCUT2D eigenvalue weighted by molar-refractivity contribution is 0.383. The molecule has 2 aromatic heterocycles. The Hall–Kier alpha value is -0.940. The molecule has 0 saturated carbocycles. The van der Waals surface area contributed by atoms with Crippen molar-refractivity contribution in [1.29, 1.82) is 0 Å². The zero-order valence-corrected chi connectivity index (χ0v) is 9.99. The van der Waals surface area contributed by atoms with Crippen LogP contribution < -0.4 is 0 Å². The van der Waals surface area contributed by atoms with E-state index in [1.54, 1.807) is 6.20 Å². The summed E-state index contributed by atoms with van der Waals surface area (Å²) in [6.45, 7) is 0. The molecular formula is C9H7BrClN3O. The second kappa shape index (κ2) is 4.72. The van der Waals surface area contributed by atoms with Crippen molar-refractivity contribution in [3.05, 3.63) is 28.7 Å². The van der Waals surface area contributed by atoms with Crippen LogP contribution in [0.2, 0.25) is 0 Å². The molecule has 0 aliphatic carbocycles. The first-order chi connectivity index (χ1) is 7.29. The van der Waals surface area contributed by atoms with E-state index in [4.69, 9.17) is 16.1 Å². The van der Waals surface area contributed by atoms with E-state index in [1.807, 2.05) is 12.1 Å². The van der Waals surface area contributed by atoms with Crippen molar-refractivity contribution in [1.82, 2.24) is 15.1 Å². The van der Waals surface area contributed by atoms with Crippen LogP contribution in [0.1, 0.15) is 5.89 Å². The zero-order chi connectivity index (χ0) is 10.7. The maximum atomic E-state index is 5.56. The molecule has 6 heteroatoms. The number of aryl methyl sites for hydroxylation is 1. The van der Waals surface area contributed by atoms with Gasteiger partial charge in [-0.3, -0.25) is 4.98 Å². The normalized spacial score (nSPS) is 10.5. The number of hydrogen-bond donors (Lipinski definition) is 0. The van der Waals surface area contributed by atoms with E-state index >= 15 is 0 Å². The molecule has 0 aliphatic heterocycles. The molecular weight excluding hydrogens is 281 g/mol. The summed E-state index contributed by atoms with van der Waals surface area (Å²) >= 11 is 8.87. The third-order valence-electron chi connectivity index (χ3n) is 1.73. The van der Waals surface area contributed by atoms with Gasteiger partial charge in [-0.15, -0.1) is 11.6 Å². The molecule has 0 aromatic carbocycles. The van der Waals surface area contributed by atoms with Crippen molar-refractivity contribution in [3.8, 4) is 11.5 Å². The largest absolute Gasteiger partial charge is 0.339 e. The Morgan fingerprint density at radius 3 is 2.93 bits per heavy atom. The van der Waals surface area contributed by atoms with Gasteiger partial charge in [-0.25, -0.2) is 0 Å². The van der Waals surface area contributed by atoms with E-state index < -0.39 is 0 Å². The van der Waals surface area contributed by atoms with Crippen LogP contribution in [0.5, 0.6) is 0 Å². The van der Waals surface area contributed by atoms with Crippen LogP contribution in [0.25, 0.3) is 11.5 Å². The maximum Gasteiger partial charge on any atom is 0.228 e. The van der Waals surface area contributed by atoms with Gasteiger partial charge >= 0.3 is 0 Å². The lowest BCUT2D eigenvalue weighted by Crippen LogP contribution is -1.87. The van der Waals surface area contributed by atoms with E-state index in [-0.39, 0.29) is 0 Å². The monoisotopic (exact) mass is 287 g/mol. The highest BCUT2D eigenvalue weighted by Crippen LogP contribution is 2.15. The molecule has 0 spiro atoms. The molecule has 4 nitrogen and oxygen atoms in total. The second-order valence-electron chi connectivity index (χ2n) is 2.81. The molecule has 0 amide bonds. The molecule has 2 aromatic rings. The van der Waals surface area contributed by atoms with Crippen LogP contribution in [0.15, 0.2) is 27.3 Å². The average Bonchev–Trinajstić information content (AvgIpc) is 2.68. The molecule has 0 radical (unpaired) electrons. The molecule has 78 valence electrons. The van der Waals surface area contributed by atoms with Crippen LogP contribution in [0.4, 0.5) is 0 Å². The van der Waals surface area contributed by atoms with Gasteiger partial charge in [0.15, 0.2) is 0 Å². The van der Waals surface area contributed by atoms with E-state index in [1.165, 1.54) is 0 Å². The number of hydrogen-bond acceptors (Lipinski definition) is 4. The minimum absolute atomic E-state index is 0.468. The van der Waals surface area contributed by atoms with Gasteiger partial charge in [0.25, 0.3) is 0 Å². The summed E-state index contributed by atoms with van der Waals surface area (Å²) in [4.78, 5) is 8.32. The number of nitrogens with zero attached hydrogens (tertiary/aromatic N) is 3. The first-order valence-corrected chi connectivity index (χ1v) is 5.63. The van der Waals surface area contributed by atoms with Crippen molar-refractivity contribution >= 4 is 27.5 Å². The molecule has 0 fully saturated rings. The van der Waals surface area contributed by atoms with Gasteiger partial charge in [0.2, 0.25) is 11.7 Å². The Morgan fingerprint density at radius 1 is 1.40 bits per heavy atom. The molecule has 0 aliphatic rings. The topological polar surface area (TPSA) is 51.8 Å². The van der Waals surface area contributed by atoms with Gasteiger partial charge < -0.3 is 4.52 Å². The molecule has 0 saturated heterocycles. The first kappa shape index (κ1) is 10.6. The highest BCUT2D eigenvalue weighted by molar-refractivity contribution is 9.10. The number of pyridine rings is 1. The molecule has 0 unspecified atom stereocenters. The highest BCUT2D eigenvalue weighted by atomic mass is 79.9. The summed E-state index contributed by atoms with van der Waals surface area (Å²) in [5, 5.41) is 3.81. The van der Waals surface area contributed by atoms with Crippen molar-refractivity contribution in [2.45, 2.75) is 6.42 Å². The Balaban J connectivity index is 2.25. The lowest BCUT2D eigenvalue weighted by Gasteiger charge is -1.92. The van der Waals surface area contributed by atoms with Crippen LogP contribution in [-0.4, -0.2) is 21.0 Å². The quantitative estimate of drug-likeness (QED) is 0.815. The summed E-state index contributed by atoms with van der Waals surface area (Å²) < 4.78 is 5.91. The fraction of sp³-hybridized carbons (Fsp3) is 0.222. The predicted octanol–water partition coefficient (Wildman–Crippen LogP) is 2.68. The fourth-order valence-corrected chi connectivity index (χ4v) is 1.45. The Morgan fingerprint density at radius 2 is 2.27 bits per heavy atom. The summed E-state index contributed by atoms with van der Waals surface area (Å²) in [7, 11) is 0. The minimum atomic E-state index is 0.468. The van der Waals surface area contributed by atoms with Crippen molar-refractivity contribution in [2.75, 3.05) is 5.88 Å². The summed E-state index contributed by atoms with van der Waals surface area (Å²) in [6.07, 6.45) is 2.26. The van der Waals surface area contributed by atoms with E-state index in [9.17, 15) is 0 Å². The SMILES string of the molecule is ClCCc1nc(-c2ccc(Br)cn2)no1. The number of alkyl halides is 1. The van der Waals surface area contributed by atoms with E-state index in [0.717, 1.165) is 4.47 Å². The van der Waals surface area contributed by atoms with Gasteiger partial charge in [0.05, 0.1) is 0 Å². The van der Waals surface area contributed by atoms with Crippen LogP contribution in [0, 0.1) is 0 Å². The first-order valence-electron chi connectivity index (χ1n) is 4.30. The third-order valence-corrected chi connectivity index (χ3v) is 2.39. The van der Waals surface area contributed by atoms with Crippen molar-refractivity contribution in [3.63, 3.8) is 0 Å². The molecule has 15 heavy (non-hydrogen) atoms. The number of rotatable bonds is 3. The Bertz CT molecular complexity index is 443. The predicted molar refractivity (Wildman–Crippen MR) is 59.7 cm³/mol. The molecule has 2 heterocycles. The van der Waals surface area contributed by atoms with Gasteiger partial charge in [-0.05, 0) is 28.1 Å². The van der Waals surface area contributed by atoms with Gasteiger partial charge in [0, 0.05) is 23.0 Å². The average molecular weight is 289 g/mol. The van der Waals surface area contributed by atoms with Crippen molar-refractivity contribution in [2.24, 2.45) is 0 Å². The molecule has 0 bridgehead atoms. The summed E-state index contributed by atoms with van der Waals surface area (Å²) in [6, 6.07) is 3.69. The third kappa shape index (κ3) is 2.54. The van der Waals surface area contributed by atoms with Crippen LogP contribution >= 0.6 is 27.5 Å². The zero-order valence-electron chi connectivity index (χ0n) is 7.65. The molecule has 0 N–H and O–H groups in total. The summed E-state index contributed by atoms with van der Waals surface area (Å²) in [5.74, 6) is 1.49. The van der Waals surface area contributed by atoms with Gasteiger partial charge in [-0.1, -0.05) is 5.16 Å². The minimum Gasteiger partial charge on any atom is -0.339 e. The van der Waals surface area contributed by atoms with Crippen molar-refractivity contribution < 1.29 is 4.52 Å². The fourth-order valence-electron chi connectivity index (χ4n) is 1.05. The van der Waals surface area contributed by atoms with Gasteiger partial charge in [0.1, 0.15) is 5.69 Å². The molecule has 0 atom stereocenters. The summed E-state index contributed by atoms with van der Waals surface area (Å²) in [5.41, 5.74) is 0.683. The van der Waals surface area contributed by atoms with E-state index in [0.29, 0.717) is 29.7 Å². The van der Waals surface area contributed by atoms with Gasteiger partial charge in [-0.2, -0.15) is 4.98 Å². The van der Waals surface area contributed by atoms with Crippen LogP contribution in [0.3, 0.4) is 0 Å². The second-order valence-corrected chi connectivity index (χ2v) is 4.11. The number of halogens is 2. The Labute approximate surface area is 99.8 Å². The standard InChI is InChI=1S/C9H7BrClN3O/c10-6-1-2-7(12-5-6)9-13-8(3-4-11)15-14-9/h1-2,5H,3-4H2. The molecule has 2 rings (SSSR count). The highest BCUT2D eigenvalue weighted by Gasteiger charge is 2.08. The lowest BCUT2D eigenvalue weighted by atomic mass is 10.3. The number of aromatic nitrogens is 3. The Kier molecular flexibility index (Phi) is 3.33. The van der Waals surface area contributed by atoms with Crippen LogP contribution in [-0.2, 0) is 6.42 Å².